The summed E-state index contributed by atoms with van der Waals surface area (Å²) in [5.74, 6) is 0.135. The van der Waals surface area contributed by atoms with E-state index in [0.29, 0.717) is 13.1 Å². The predicted octanol–water partition coefficient (Wildman–Crippen LogP) is 1.49. The molecular formula is C16H24N2O2. The largest absolute Gasteiger partial charge is 0.390 e. The van der Waals surface area contributed by atoms with Crippen molar-refractivity contribution in [3.63, 3.8) is 0 Å². The number of benzene rings is 1. The lowest BCUT2D eigenvalue weighted by Crippen LogP contribution is -2.46. The number of aliphatic hydroxyl groups is 1. The standard InChI is InChI=1S/C16H24N2O2/c1-16(20)8-10-18(11-9-16)13-15(19)17(2)12-14-6-4-3-5-7-14/h3-7,20H,8-13H2,1-2H3. The molecule has 0 bridgehead atoms. The number of hydrogen-bond acceptors (Lipinski definition) is 3. The maximum atomic E-state index is 12.2. The number of likely N-dealkylation sites (tertiary alicyclic amines) is 1. The molecule has 1 heterocycles. The van der Waals surface area contributed by atoms with E-state index in [2.05, 4.69) is 4.90 Å². The predicted molar refractivity (Wildman–Crippen MR) is 79.2 cm³/mol. The SMILES string of the molecule is CN(Cc1ccccc1)C(=O)CN1CCC(C)(O)CC1. The summed E-state index contributed by atoms with van der Waals surface area (Å²) in [5, 5.41) is 9.91. The van der Waals surface area contributed by atoms with E-state index in [4.69, 9.17) is 0 Å². The van der Waals surface area contributed by atoms with E-state index in [1.165, 1.54) is 0 Å². The first-order chi connectivity index (χ1) is 9.46. The molecule has 4 nitrogen and oxygen atoms in total. The molecule has 0 radical (unpaired) electrons. The van der Waals surface area contributed by atoms with Gasteiger partial charge in [0.2, 0.25) is 5.91 Å². The molecule has 1 aliphatic rings. The summed E-state index contributed by atoms with van der Waals surface area (Å²) in [4.78, 5) is 16.1. The highest BCUT2D eigenvalue weighted by atomic mass is 16.3. The van der Waals surface area contributed by atoms with Crippen LogP contribution in [0.4, 0.5) is 0 Å². The molecule has 0 aliphatic carbocycles. The molecule has 1 fully saturated rings. The molecule has 1 amide bonds. The maximum absolute atomic E-state index is 12.2. The number of nitrogens with zero attached hydrogens (tertiary/aromatic N) is 2. The molecule has 2 rings (SSSR count). The molecule has 0 atom stereocenters. The van der Waals surface area contributed by atoms with Crippen LogP contribution in [0.3, 0.4) is 0 Å². The van der Waals surface area contributed by atoms with E-state index in [0.717, 1.165) is 31.5 Å². The summed E-state index contributed by atoms with van der Waals surface area (Å²) in [7, 11) is 1.84. The van der Waals surface area contributed by atoms with E-state index in [-0.39, 0.29) is 5.91 Å². The lowest BCUT2D eigenvalue weighted by atomic mass is 9.94. The summed E-state index contributed by atoms with van der Waals surface area (Å²) in [6, 6.07) is 10.0. The van der Waals surface area contributed by atoms with Crippen LogP contribution in [0, 0.1) is 0 Å². The number of piperidine rings is 1. The van der Waals surface area contributed by atoms with Gasteiger partial charge in [0.25, 0.3) is 0 Å². The van der Waals surface area contributed by atoms with Crippen LogP contribution in [0.5, 0.6) is 0 Å². The Morgan fingerprint density at radius 1 is 1.30 bits per heavy atom. The van der Waals surface area contributed by atoms with Crippen LogP contribution < -0.4 is 0 Å². The second-order valence-electron chi connectivity index (χ2n) is 6.01. The van der Waals surface area contributed by atoms with E-state index in [1.54, 1.807) is 4.90 Å². The van der Waals surface area contributed by atoms with Gasteiger partial charge >= 0.3 is 0 Å². The van der Waals surface area contributed by atoms with E-state index in [1.807, 2.05) is 44.3 Å². The van der Waals surface area contributed by atoms with Gasteiger partial charge in [-0.3, -0.25) is 9.69 Å². The maximum Gasteiger partial charge on any atom is 0.236 e. The summed E-state index contributed by atoms with van der Waals surface area (Å²) < 4.78 is 0. The zero-order valence-corrected chi connectivity index (χ0v) is 12.4. The molecule has 1 aliphatic heterocycles. The number of likely N-dealkylation sites (N-methyl/N-ethyl adjacent to an activating group) is 1. The molecule has 0 aromatic heterocycles. The first-order valence-corrected chi connectivity index (χ1v) is 7.19. The van der Waals surface area contributed by atoms with Gasteiger partial charge in [0, 0.05) is 26.7 Å². The molecule has 4 heteroatoms. The van der Waals surface area contributed by atoms with Gasteiger partial charge in [0.15, 0.2) is 0 Å². The molecule has 110 valence electrons. The lowest BCUT2D eigenvalue weighted by Gasteiger charge is -2.36. The molecule has 1 aromatic rings. The van der Waals surface area contributed by atoms with Crippen molar-refractivity contribution in [3.8, 4) is 0 Å². The topological polar surface area (TPSA) is 43.8 Å². The minimum absolute atomic E-state index is 0.135. The van der Waals surface area contributed by atoms with Crippen LogP contribution in [-0.4, -0.2) is 53.1 Å². The van der Waals surface area contributed by atoms with Crippen molar-refractivity contribution in [1.82, 2.24) is 9.80 Å². The molecule has 1 aromatic carbocycles. The Balaban J connectivity index is 1.80. The van der Waals surface area contributed by atoms with Gasteiger partial charge in [-0.1, -0.05) is 30.3 Å². The van der Waals surface area contributed by atoms with Crippen molar-refractivity contribution in [2.45, 2.75) is 31.9 Å². The molecular weight excluding hydrogens is 252 g/mol. The molecule has 20 heavy (non-hydrogen) atoms. The fourth-order valence-electron chi connectivity index (χ4n) is 2.45. The molecule has 0 spiro atoms. The van der Waals surface area contributed by atoms with E-state index in [9.17, 15) is 9.90 Å². The van der Waals surface area contributed by atoms with Crippen molar-refractivity contribution in [2.24, 2.45) is 0 Å². The van der Waals surface area contributed by atoms with Crippen LogP contribution in [-0.2, 0) is 11.3 Å². The number of rotatable bonds is 4. The summed E-state index contributed by atoms with van der Waals surface area (Å²) in [6.07, 6.45) is 1.48. The molecule has 1 saturated heterocycles. The van der Waals surface area contributed by atoms with Gasteiger partial charge in [-0.05, 0) is 25.3 Å². The van der Waals surface area contributed by atoms with Crippen LogP contribution in [0.25, 0.3) is 0 Å². The van der Waals surface area contributed by atoms with Gasteiger partial charge in [-0.15, -0.1) is 0 Å². The van der Waals surface area contributed by atoms with E-state index < -0.39 is 5.60 Å². The minimum Gasteiger partial charge on any atom is -0.390 e. The Morgan fingerprint density at radius 3 is 2.50 bits per heavy atom. The third-order valence-corrected chi connectivity index (χ3v) is 3.98. The number of carbonyl (C=O) groups is 1. The molecule has 0 unspecified atom stereocenters. The van der Waals surface area contributed by atoms with Gasteiger partial charge in [0.05, 0.1) is 12.1 Å². The Bertz CT molecular complexity index is 435. The van der Waals surface area contributed by atoms with Gasteiger partial charge in [-0.2, -0.15) is 0 Å². The first-order valence-electron chi connectivity index (χ1n) is 7.19. The van der Waals surface area contributed by atoms with Crippen molar-refractivity contribution in [1.29, 1.82) is 0 Å². The molecule has 0 saturated carbocycles. The third-order valence-electron chi connectivity index (χ3n) is 3.98. The van der Waals surface area contributed by atoms with Crippen molar-refractivity contribution < 1.29 is 9.90 Å². The zero-order valence-electron chi connectivity index (χ0n) is 12.4. The van der Waals surface area contributed by atoms with Crippen molar-refractivity contribution >= 4 is 5.91 Å². The Kier molecular flexibility index (Phi) is 4.78. The number of hydrogen-bond donors (Lipinski definition) is 1. The van der Waals surface area contributed by atoms with Crippen LogP contribution >= 0.6 is 0 Å². The van der Waals surface area contributed by atoms with E-state index >= 15 is 0 Å². The highest BCUT2D eigenvalue weighted by Crippen LogP contribution is 2.20. The highest BCUT2D eigenvalue weighted by Gasteiger charge is 2.28. The zero-order chi connectivity index (χ0) is 14.6. The smallest absolute Gasteiger partial charge is 0.236 e. The fourth-order valence-corrected chi connectivity index (χ4v) is 2.45. The highest BCUT2D eigenvalue weighted by molar-refractivity contribution is 5.78. The molecule has 1 N–H and O–H groups in total. The monoisotopic (exact) mass is 276 g/mol. The van der Waals surface area contributed by atoms with Crippen LogP contribution in [0.15, 0.2) is 30.3 Å². The lowest BCUT2D eigenvalue weighted by molar-refractivity contribution is -0.132. The normalized spacial score (nSPS) is 18.8. The quantitative estimate of drug-likeness (QED) is 0.906. The summed E-state index contributed by atoms with van der Waals surface area (Å²) in [5.41, 5.74) is 0.583. The fraction of sp³-hybridized carbons (Fsp3) is 0.562. The summed E-state index contributed by atoms with van der Waals surface area (Å²) in [6.45, 7) is 4.54. The van der Waals surface area contributed by atoms with Crippen molar-refractivity contribution in [3.05, 3.63) is 35.9 Å². The summed E-state index contributed by atoms with van der Waals surface area (Å²) >= 11 is 0. The number of carbonyl (C=O) groups excluding carboxylic acids is 1. The van der Waals surface area contributed by atoms with Crippen LogP contribution in [0.2, 0.25) is 0 Å². The van der Waals surface area contributed by atoms with Gasteiger partial charge in [0.1, 0.15) is 0 Å². The Hall–Kier alpha value is -1.39. The van der Waals surface area contributed by atoms with Gasteiger partial charge < -0.3 is 10.0 Å². The average molecular weight is 276 g/mol. The second-order valence-corrected chi connectivity index (χ2v) is 6.01. The third kappa shape index (κ3) is 4.32. The van der Waals surface area contributed by atoms with Gasteiger partial charge in [-0.25, -0.2) is 0 Å². The first kappa shape index (κ1) is 15.0. The van der Waals surface area contributed by atoms with Crippen molar-refractivity contribution in [2.75, 3.05) is 26.7 Å². The van der Waals surface area contributed by atoms with Crippen LogP contribution in [0.1, 0.15) is 25.3 Å². The average Bonchev–Trinajstić information content (AvgIpc) is 2.42. The second kappa shape index (κ2) is 6.37. The minimum atomic E-state index is -0.560. The Labute approximate surface area is 121 Å². The number of amides is 1. The Morgan fingerprint density at radius 2 is 1.90 bits per heavy atom.